The molecule has 3 aliphatic rings. The first-order chi connectivity index (χ1) is 8.64. The van der Waals surface area contributed by atoms with E-state index < -0.39 is 5.54 Å². The van der Waals surface area contributed by atoms with Crippen LogP contribution in [-0.2, 0) is 9.59 Å². The minimum atomic E-state index is -0.559. The van der Waals surface area contributed by atoms with Crippen LogP contribution in [0.1, 0.15) is 39.0 Å². The fourth-order valence-corrected chi connectivity index (χ4v) is 4.69. The van der Waals surface area contributed by atoms with Gasteiger partial charge in [-0.3, -0.25) is 9.59 Å². The molecule has 0 aromatic heterocycles. The Balaban J connectivity index is 1.89. The summed E-state index contributed by atoms with van der Waals surface area (Å²) in [7, 11) is 0. The SMILES string of the molecule is CC1C(=O)NC2(CCCC2)C(=O)N1C1CCSC1. The number of piperazine rings is 1. The predicted octanol–water partition coefficient (Wildman–Crippen LogP) is 1.15. The largest absolute Gasteiger partial charge is 0.340 e. The van der Waals surface area contributed by atoms with Gasteiger partial charge >= 0.3 is 0 Å². The fraction of sp³-hybridized carbons (Fsp3) is 0.846. The summed E-state index contributed by atoms with van der Waals surface area (Å²) in [5.74, 6) is 2.31. The molecule has 100 valence electrons. The monoisotopic (exact) mass is 268 g/mol. The summed E-state index contributed by atoms with van der Waals surface area (Å²) in [6.07, 6.45) is 4.77. The van der Waals surface area contributed by atoms with Gasteiger partial charge in [0.2, 0.25) is 11.8 Å². The molecule has 2 aliphatic heterocycles. The van der Waals surface area contributed by atoms with Gasteiger partial charge in [-0.2, -0.15) is 11.8 Å². The van der Waals surface area contributed by atoms with Crippen LogP contribution in [0.25, 0.3) is 0 Å². The zero-order chi connectivity index (χ0) is 12.8. The average Bonchev–Trinajstić information content (AvgIpc) is 2.99. The maximum absolute atomic E-state index is 12.8. The molecule has 0 aromatic rings. The molecule has 3 rings (SSSR count). The van der Waals surface area contributed by atoms with E-state index in [1.807, 2.05) is 23.6 Å². The molecule has 2 unspecified atom stereocenters. The Hall–Kier alpha value is -0.710. The van der Waals surface area contributed by atoms with E-state index in [9.17, 15) is 9.59 Å². The van der Waals surface area contributed by atoms with E-state index in [-0.39, 0.29) is 23.9 Å². The summed E-state index contributed by atoms with van der Waals surface area (Å²) in [5.41, 5.74) is -0.559. The van der Waals surface area contributed by atoms with Crippen LogP contribution >= 0.6 is 11.8 Å². The van der Waals surface area contributed by atoms with Gasteiger partial charge < -0.3 is 10.2 Å². The van der Waals surface area contributed by atoms with Crippen molar-refractivity contribution in [3.8, 4) is 0 Å². The topological polar surface area (TPSA) is 49.4 Å². The van der Waals surface area contributed by atoms with Crippen molar-refractivity contribution in [1.82, 2.24) is 10.2 Å². The molecule has 1 spiro atoms. The van der Waals surface area contributed by atoms with Gasteiger partial charge in [0.05, 0.1) is 0 Å². The zero-order valence-corrected chi connectivity index (χ0v) is 11.6. The molecule has 0 radical (unpaired) electrons. The first-order valence-corrected chi connectivity index (χ1v) is 8.02. The molecular weight excluding hydrogens is 248 g/mol. The van der Waals surface area contributed by atoms with E-state index >= 15 is 0 Å². The summed E-state index contributed by atoms with van der Waals surface area (Å²) in [4.78, 5) is 26.8. The molecule has 2 amide bonds. The van der Waals surface area contributed by atoms with E-state index in [0.29, 0.717) is 0 Å². The van der Waals surface area contributed by atoms with E-state index in [1.54, 1.807) is 0 Å². The van der Waals surface area contributed by atoms with Crippen molar-refractivity contribution in [2.24, 2.45) is 0 Å². The Labute approximate surface area is 112 Å². The fourth-order valence-electron chi connectivity index (χ4n) is 3.48. The van der Waals surface area contributed by atoms with Crippen molar-refractivity contribution in [3.05, 3.63) is 0 Å². The van der Waals surface area contributed by atoms with E-state index in [0.717, 1.165) is 43.6 Å². The number of nitrogens with zero attached hydrogens (tertiary/aromatic N) is 1. The number of carbonyl (C=O) groups is 2. The molecule has 0 bridgehead atoms. The van der Waals surface area contributed by atoms with Crippen molar-refractivity contribution < 1.29 is 9.59 Å². The zero-order valence-electron chi connectivity index (χ0n) is 10.8. The van der Waals surface area contributed by atoms with Gasteiger partial charge in [0.15, 0.2) is 0 Å². The number of carbonyl (C=O) groups excluding carboxylic acids is 2. The number of hydrogen-bond donors (Lipinski definition) is 1. The van der Waals surface area contributed by atoms with Crippen molar-refractivity contribution in [3.63, 3.8) is 0 Å². The number of rotatable bonds is 1. The Morgan fingerprint density at radius 2 is 2.06 bits per heavy atom. The predicted molar refractivity (Wildman–Crippen MR) is 71.4 cm³/mol. The quantitative estimate of drug-likeness (QED) is 0.776. The molecule has 1 aliphatic carbocycles. The minimum absolute atomic E-state index is 0.0356. The molecule has 4 nitrogen and oxygen atoms in total. The Morgan fingerprint density at radius 3 is 2.67 bits per heavy atom. The normalized spacial score (nSPS) is 35.3. The first-order valence-electron chi connectivity index (χ1n) is 6.87. The number of thioether (sulfide) groups is 1. The molecule has 0 aromatic carbocycles. The Bertz CT molecular complexity index is 373. The minimum Gasteiger partial charge on any atom is -0.340 e. The van der Waals surface area contributed by atoms with Crippen molar-refractivity contribution in [1.29, 1.82) is 0 Å². The lowest BCUT2D eigenvalue weighted by molar-refractivity contribution is -0.156. The maximum atomic E-state index is 12.8. The van der Waals surface area contributed by atoms with Crippen LogP contribution in [0.4, 0.5) is 0 Å². The smallest absolute Gasteiger partial charge is 0.249 e. The lowest BCUT2D eigenvalue weighted by Crippen LogP contribution is -2.70. The van der Waals surface area contributed by atoms with Crippen LogP contribution in [0, 0.1) is 0 Å². The molecule has 2 heterocycles. The van der Waals surface area contributed by atoms with Gasteiger partial charge in [0.1, 0.15) is 11.6 Å². The lowest BCUT2D eigenvalue weighted by atomic mass is 9.90. The second-order valence-corrected chi connectivity index (χ2v) is 6.83. The van der Waals surface area contributed by atoms with Crippen molar-refractivity contribution in [2.45, 2.75) is 56.7 Å². The first kappa shape index (κ1) is 12.3. The molecule has 1 N–H and O–H groups in total. The molecule has 2 saturated heterocycles. The van der Waals surface area contributed by atoms with Crippen LogP contribution in [0.2, 0.25) is 0 Å². The summed E-state index contributed by atoms with van der Waals surface area (Å²) in [6, 6.07) is -0.0338. The standard InChI is InChI=1S/C13H20N2O2S/c1-9-11(16)14-13(5-2-3-6-13)12(17)15(9)10-4-7-18-8-10/h9-10H,2-8H2,1H3,(H,14,16). The third-order valence-corrected chi connectivity index (χ3v) is 5.70. The van der Waals surface area contributed by atoms with Crippen LogP contribution in [0.15, 0.2) is 0 Å². The maximum Gasteiger partial charge on any atom is 0.249 e. The molecule has 5 heteroatoms. The van der Waals surface area contributed by atoms with Crippen LogP contribution < -0.4 is 5.32 Å². The highest BCUT2D eigenvalue weighted by Gasteiger charge is 2.52. The third-order valence-electron chi connectivity index (χ3n) is 4.56. The van der Waals surface area contributed by atoms with Crippen molar-refractivity contribution in [2.75, 3.05) is 11.5 Å². The third kappa shape index (κ3) is 1.75. The highest BCUT2D eigenvalue weighted by molar-refractivity contribution is 7.99. The van der Waals surface area contributed by atoms with Gasteiger partial charge in [0.25, 0.3) is 0 Å². The van der Waals surface area contributed by atoms with Crippen molar-refractivity contribution >= 4 is 23.6 Å². The van der Waals surface area contributed by atoms with Gasteiger partial charge in [-0.25, -0.2) is 0 Å². The highest BCUT2D eigenvalue weighted by Crippen LogP contribution is 2.37. The summed E-state index contributed by atoms with van der Waals surface area (Å²) in [6.45, 7) is 1.86. The summed E-state index contributed by atoms with van der Waals surface area (Å²) < 4.78 is 0. The molecule has 2 atom stereocenters. The van der Waals surface area contributed by atoms with Gasteiger partial charge in [-0.1, -0.05) is 12.8 Å². The van der Waals surface area contributed by atoms with Crippen LogP contribution in [0.5, 0.6) is 0 Å². The number of hydrogen-bond acceptors (Lipinski definition) is 3. The Morgan fingerprint density at radius 1 is 1.33 bits per heavy atom. The highest BCUT2D eigenvalue weighted by atomic mass is 32.2. The van der Waals surface area contributed by atoms with Gasteiger partial charge in [0, 0.05) is 11.8 Å². The molecule has 18 heavy (non-hydrogen) atoms. The number of nitrogens with one attached hydrogen (secondary N) is 1. The van der Waals surface area contributed by atoms with Crippen LogP contribution in [0.3, 0.4) is 0 Å². The molecular formula is C13H20N2O2S. The second kappa shape index (κ2) is 4.44. The average molecular weight is 268 g/mol. The lowest BCUT2D eigenvalue weighted by Gasteiger charge is -2.45. The second-order valence-electron chi connectivity index (χ2n) is 5.68. The van der Waals surface area contributed by atoms with E-state index in [1.165, 1.54) is 0 Å². The molecule has 1 saturated carbocycles. The van der Waals surface area contributed by atoms with E-state index in [2.05, 4.69) is 5.32 Å². The van der Waals surface area contributed by atoms with Gasteiger partial charge in [-0.15, -0.1) is 0 Å². The Kier molecular flexibility index (Phi) is 3.04. The molecule has 3 fully saturated rings. The van der Waals surface area contributed by atoms with Crippen LogP contribution in [-0.4, -0.2) is 45.8 Å². The summed E-state index contributed by atoms with van der Waals surface area (Å²) >= 11 is 1.89. The van der Waals surface area contributed by atoms with Gasteiger partial charge in [-0.05, 0) is 31.9 Å². The van der Waals surface area contributed by atoms with E-state index in [4.69, 9.17) is 0 Å². The summed E-state index contributed by atoms with van der Waals surface area (Å²) in [5, 5.41) is 3.01. The number of amides is 2.